The molecule has 0 saturated heterocycles. The van der Waals surface area contributed by atoms with Gasteiger partial charge in [0.1, 0.15) is 0 Å². The van der Waals surface area contributed by atoms with Crippen molar-refractivity contribution in [3.05, 3.63) is 69.7 Å². The molecule has 2 aromatic carbocycles. The van der Waals surface area contributed by atoms with Gasteiger partial charge in [-0.25, -0.2) is 9.59 Å². The lowest BCUT2D eigenvalue weighted by Crippen LogP contribution is -2.00. The summed E-state index contributed by atoms with van der Waals surface area (Å²) in [4.78, 5) is 22.3. The standard InChI is InChI=1S/C17H13ClO4/c1-10-2-5-13(9-15(10)18)14(17(21)22)8-11-3-6-12(7-4-11)16(19)20/h2-9H,1H3,(H,19,20)(H,21,22)/b14-8-. The number of benzene rings is 2. The Kier molecular flexibility index (Phi) is 4.63. The van der Waals surface area contributed by atoms with Crippen LogP contribution in [0.5, 0.6) is 0 Å². The smallest absolute Gasteiger partial charge is 0.336 e. The van der Waals surface area contributed by atoms with Crippen LogP contribution in [0.4, 0.5) is 0 Å². The Morgan fingerprint density at radius 3 is 2.09 bits per heavy atom. The largest absolute Gasteiger partial charge is 0.478 e. The van der Waals surface area contributed by atoms with Gasteiger partial charge in [-0.3, -0.25) is 0 Å². The van der Waals surface area contributed by atoms with E-state index in [1.165, 1.54) is 18.2 Å². The van der Waals surface area contributed by atoms with E-state index in [1.54, 1.807) is 30.3 Å². The second kappa shape index (κ2) is 6.45. The summed E-state index contributed by atoms with van der Waals surface area (Å²) in [6.07, 6.45) is 1.48. The van der Waals surface area contributed by atoms with Crippen LogP contribution in [0.3, 0.4) is 0 Å². The number of carboxylic acid groups (broad SMARTS) is 2. The number of carboxylic acids is 2. The molecule has 0 fully saturated rings. The van der Waals surface area contributed by atoms with Gasteiger partial charge in [-0.2, -0.15) is 0 Å². The first kappa shape index (κ1) is 15.8. The topological polar surface area (TPSA) is 74.6 Å². The summed E-state index contributed by atoms with van der Waals surface area (Å²) in [7, 11) is 0. The van der Waals surface area contributed by atoms with Gasteiger partial charge in [0.05, 0.1) is 11.1 Å². The minimum Gasteiger partial charge on any atom is -0.478 e. The summed E-state index contributed by atoms with van der Waals surface area (Å²) >= 11 is 6.04. The van der Waals surface area contributed by atoms with Gasteiger partial charge in [0.15, 0.2) is 0 Å². The molecule has 0 radical (unpaired) electrons. The van der Waals surface area contributed by atoms with Gasteiger partial charge in [0, 0.05) is 5.02 Å². The van der Waals surface area contributed by atoms with E-state index >= 15 is 0 Å². The van der Waals surface area contributed by atoms with Crippen LogP contribution in [0, 0.1) is 6.92 Å². The molecular formula is C17H13ClO4. The molecular weight excluding hydrogens is 304 g/mol. The number of aromatic carboxylic acids is 1. The fraction of sp³-hybridized carbons (Fsp3) is 0.0588. The zero-order valence-corrected chi connectivity index (χ0v) is 12.5. The van der Waals surface area contributed by atoms with E-state index in [-0.39, 0.29) is 11.1 Å². The van der Waals surface area contributed by atoms with Crippen LogP contribution < -0.4 is 0 Å². The lowest BCUT2D eigenvalue weighted by atomic mass is 10.0. The van der Waals surface area contributed by atoms with E-state index in [2.05, 4.69) is 0 Å². The summed E-state index contributed by atoms with van der Waals surface area (Å²) < 4.78 is 0. The summed E-state index contributed by atoms with van der Waals surface area (Å²) in [6, 6.07) is 11.0. The second-order valence-corrected chi connectivity index (χ2v) is 5.16. The first-order chi connectivity index (χ1) is 10.4. The Balaban J connectivity index is 2.44. The maximum atomic E-state index is 11.5. The lowest BCUT2D eigenvalue weighted by molar-refractivity contribution is -0.130. The number of rotatable bonds is 4. The maximum Gasteiger partial charge on any atom is 0.336 e. The predicted molar refractivity (Wildman–Crippen MR) is 85.1 cm³/mol. The third-order valence-corrected chi connectivity index (χ3v) is 3.59. The van der Waals surface area contributed by atoms with E-state index < -0.39 is 11.9 Å². The van der Waals surface area contributed by atoms with Crippen molar-refractivity contribution in [2.45, 2.75) is 6.92 Å². The van der Waals surface area contributed by atoms with Crippen molar-refractivity contribution in [3.8, 4) is 0 Å². The van der Waals surface area contributed by atoms with E-state index in [4.69, 9.17) is 16.7 Å². The predicted octanol–water partition coefficient (Wildman–Crippen LogP) is 3.97. The molecule has 0 saturated carbocycles. The molecule has 22 heavy (non-hydrogen) atoms. The van der Waals surface area contributed by atoms with Gasteiger partial charge in [-0.05, 0) is 47.9 Å². The molecule has 2 aromatic rings. The molecule has 2 rings (SSSR count). The van der Waals surface area contributed by atoms with Crippen LogP contribution in [-0.2, 0) is 4.79 Å². The van der Waals surface area contributed by atoms with Crippen molar-refractivity contribution < 1.29 is 19.8 Å². The first-order valence-electron chi connectivity index (χ1n) is 6.43. The Morgan fingerprint density at radius 1 is 1.00 bits per heavy atom. The van der Waals surface area contributed by atoms with Crippen LogP contribution in [0.1, 0.15) is 27.0 Å². The van der Waals surface area contributed by atoms with Crippen LogP contribution in [0.25, 0.3) is 11.6 Å². The summed E-state index contributed by atoms with van der Waals surface area (Å²) in [5.41, 5.74) is 2.18. The molecule has 0 aliphatic heterocycles. The maximum absolute atomic E-state index is 11.5. The zero-order valence-electron chi connectivity index (χ0n) is 11.7. The monoisotopic (exact) mass is 316 g/mol. The number of carbonyl (C=O) groups is 2. The quantitative estimate of drug-likeness (QED) is 0.661. The fourth-order valence-corrected chi connectivity index (χ4v) is 2.10. The minimum atomic E-state index is -1.08. The van der Waals surface area contributed by atoms with Crippen LogP contribution in [0.15, 0.2) is 42.5 Å². The van der Waals surface area contributed by atoms with Crippen molar-refractivity contribution in [1.82, 2.24) is 0 Å². The van der Waals surface area contributed by atoms with Crippen molar-refractivity contribution in [1.29, 1.82) is 0 Å². The molecule has 2 N–H and O–H groups in total. The lowest BCUT2D eigenvalue weighted by Gasteiger charge is -2.06. The highest BCUT2D eigenvalue weighted by Crippen LogP contribution is 2.24. The Hall–Kier alpha value is -2.59. The zero-order chi connectivity index (χ0) is 16.3. The van der Waals surface area contributed by atoms with Crippen LogP contribution >= 0.6 is 11.6 Å². The molecule has 0 heterocycles. The van der Waals surface area contributed by atoms with E-state index in [9.17, 15) is 14.7 Å². The molecule has 0 atom stereocenters. The number of hydrogen-bond donors (Lipinski definition) is 2. The van der Waals surface area contributed by atoms with Crippen molar-refractivity contribution in [2.75, 3.05) is 0 Å². The molecule has 0 aliphatic rings. The Bertz CT molecular complexity index is 761. The summed E-state index contributed by atoms with van der Waals surface area (Å²) in [6.45, 7) is 1.83. The molecule has 0 unspecified atom stereocenters. The molecule has 5 heteroatoms. The fourth-order valence-electron chi connectivity index (χ4n) is 1.92. The number of aliphatic carboxylic acids is 1. The highest BCUT2D eigenvalue weighted by Gasteiger charge is 2.12. The normalized spacial score (nSPS) is 11.3. The molecule has 4 nitrogen and oxygen atoms in total. The Morgan fingerprint density at radius 2 is 1.59 bits per heavy atom. The van der Waals surface area contributed by atoms with Gasteiger partial charge < -0.3 is 10.2 Å². The van der Waals surface area contributed by atoms with Gasteiger partial charge in [-0.15, -0.1) is 0 Å². The average molecular weight is 317 g/mol. The third kappa shape index (κ3) is 3.54. The van der Waals surface area contributed by atoms with E-state index in [1.807, 2.05) is 6.92 Å². The van der Waals surface area contributed by atoms with Gasteiger partial charge in [0.25, 0.3) is 0 Å². The average Bonchev–Trinajstić information content (AvgIpc) is 2.48. The molecule has 0 bridgehead atoms. The molecule has 112 valence electrons. The number of aryl methyl sites for hydroxylation is 1. The first-order valence-corrected chi connectivity index (χ1v) is 6.81. The Labute approximate surface area is 132 Å². The third-order valence-electron chi connectivity index (χ3n) is 3.18. The van der Waals surface area contributed by atoms with Gasteiger partial charge in [0.2, 0.25) is 0 Å². The molecule has 0 spiro atoms. The summed E-state index contributed by atoms with van der Waals surface area (Å²) in [5.74, 6) is -2.11. The van der Waals surface area contributed by atoms with Gasteiger partial charge in [-0.1, -0.05) is 35.9 Å². The van der Waals surface area contributed by atoms with E-state index in [0.29, 0.717) is 16.1 Å². The highest BCUT2D eigenvalue weighted by atomic mass is 35.5. The van der Waals surface area contributed by atoms with Crippen LogP contribution in [0.2, 0.25) is 5.02 Å². The number of hydrogen-bond acceptors (Lipinski definition) is 2. The second-order valence-electron chi connectivity index (χ2n) is 4.75. The number of halogens is 1. The highest BCUT2D eigenvalue weighted by molar-refractivity contribution is 6.32. The van der Waals surface area contributed by atoms with Crippen molar-refractivity contribution in [2.24, 2.45) is 0 Å². The van der Waals surface area contributed by atoms with E-state index in [0.717, 1.165) is 5.56 Å². The molecule has 0 amide bonds. The molecule has 0 aromatic heterocycles. The van der Waals surface area contributed by atoms with Crippen molar-refractivity contribution >= 4 is 35.2 Å². The van der Waals surface area contributed by atoms with Crippen molar-refractivity contribution in [3.63, 3.8) is 0 Å². The molecule has 0 aliphatic carbocycles. The van der Waals surface area contributed by atoms with Crippen LogP contribution in [-0.4, -0.2) is 22.2 Å². The summed E-state index contributed by atoms with van der Waals surface area (Å²) in [5, 5.41) is 18.7. The minimum absolute atomic E-state index is 0.0879. The SMILES string of the molecule is Cc1ccc(/C(=C/c2ccc(C(=O)O)cc2)C(=O)O)cc1Cl. The van der Waals surface area contributed by atoms with Gasteiger partial charge >= 0.3 is 11.9 Å².